The van der Waals surface area contributed by atoms with Crippen LogP contribution >= 0.6 is 23.2 Å². The Hall–Kier alpha value is -2.29. The molecular weight excluding hydrogens is 313 g/mol. The van der Waals surface area contributed by atoms with E-state index in [0.717, 1.165) is 0 Å². The van der Waals surface area contributed by atoms with Gasteiger partial charge in [0.05, 0.1) is 34.5 Å². The van der Waals surface area contributed by atoms with Crippen LogP contribution < -0.4 is 10.1 Å². The molecule has 1 aromatic heterocycles. The van der Waals surface area contributed by atoms with Gasteiger partial charge < -0.3 is 10.1 Å². The molecule has 0 unspecified atom stereocenters. The number of ether oxygens (including phenoxy) is 1. The fraction of sp³-hybridized carbons (Fsp3) is 0.0714. The molecule has 1 aromatic carbocycles. The molecule has 1 N–H and O–H groups in total. The van der Waals surface area contributed by atoms with Gasteiger partial charge in [-0.2, -0.15) is 5.26 Å². The van der Waals surface area contributed by atoms with Crippen LogP contribution in [0.15, 0.2) is 30.5 Å². The minimum absolute atomic E-state index is 0.176. The fourth-order valence-corrected chi connectivity index (χ4v) is 2.25. The Balaban J connectivity index is 2.35. The molecule has 0 saturated carbocycles. The summed E-state index contributed by atoms with van der Waals surface area (Å²) < 4.78 is 5.02. The minimum Gasteiger partial charge on any atom is -0.480 e. The van der Waals surface area contributed by atoms with Crippen LogP contribution in [-0.4, -0.2) is 18.0 Å². The van der Waals surface area contributed by atoms with Gasteiger partial charge in [-0.15, -0.1) is 0 Å². The maximum Gasteiger partial charge on any atom is 0.261 e. The molecule has 21 heavy (non-hydrogen) atoms. The first-order chi connectivity index (χ1) is 10.1. The average molecular weight is 322 g/mol. The summed E-state index contributed by atoms with van der Waals surface area (Å²) in [6, 6.07) is 7.94. The number of nitriles is 1. The van der Waals surface area contributed by atoms with Crippen molar-refractivity contribution >= 4 is 34.8 Å². The highest BCUT2D eigenvalue weighted by Gasteiger charge is 2.16. The number of methoxy groups -OCH3 is 1. The summed E-state index contributed by atoms with van der Waals surface area (Å²) in [4.78, 5) is 16.2. The lowest BCUT2D eigenvalue weighted by Crippen LogP contribution is -2.14. The highest BCUT2D eigenvalue weighted by molar-refractivity contribution is 6.40. The molecule has 0 saturated heterocycles. The molecule has 0 atom stereocenters. The van der Waals surface area contributed by atoms with Gasteiger partial charge in [0, 0.05) is 6.20 Å². The number of carbonyl (C=O) groups excluding carboxylic acids is 1. The van der Waals surface area contributed by atoms with Crippen LogP contribution in [0, 0.1) is 11.3 Å². The van der Waals surface area contributed by atoms with Crippen molar-refractivity contribution in [3.8, 4) is 11.9 Å². The van der Waals surface area contributed by atoms with Crippen LogP contribution in [0.2, 0.25) is 10.0 Å². The van der Waals surface area contributed by atoms with Gasteiger partial charge in [0.15, 0.2) is 0 Å². The zero-order valence-corrected chi connectivity index (χ0v) is 12.4. The Morgan fingerprint density at radius 2 is 2.05 bits per heavy atom. The number of nitrogens with one attached hydrogen (secondary N) is 1. The van der Waals surface area contributed by atoms with Crippen LogP contribution in [0.25, 0.3) is 0 Å². The van der Waals surface area contributed by atoms with E-state index in [1.807, 2.05) is 6.07 Å². The molecule has 106 valence electrons. The number of amides is 1. The standard InChI is InChI=1S/C14H9Cl2N3O2/c1-21-14-9(3-2-4-18-14)13(20)19-12-10(15)5-8(7-17)6-11(12)16/h2-6H,1H3,(H,19,20). The van der Waals surface area contributed by atoms with E-state index in [1.165, 1.54) is 25.4 Å². The maximum absolute atomic E-state index is 12.2. The fourth-order valence-electron chi connectivity index (χ4n) is 1.66. The molecular formula is C14H9Cl2N3O2. The van der Waals surface area contributed by atoms with Crippen molar-refractivity contribution in [2.75, 3.05) is 12.4 Å². The number of carbonyl (C=O) groups is 1. The van der Waals surface area contributed by atoms with Gasteiger partial charge in [0.2, 0.25) is 5.88 Å². The van der Waals surface area contributed by atoms with Crippen LogP contribution in [0.3, 0.4) is 0 Å². The number of hydrogen-bond acceptors (Lipinski definition) is 4. The molecule has 0 radical (unpaired) electrons. The topological polar surface area (TPSA) is 75.0 Å². The third kappa shape index (κ3) is 3.24. The lowest BCUT2D eigenvalue weighted by molar-refractivity contribution is 0.102. The monoisotopic (exact) mass is 321 g/mol. The van der Waals surface area contributed by atoms with Crippen LogP contribution in [0.5, 0.6) is 5.88 Å². The number of rotatable bonds is 3. The number of hydrogen-bond donors (Lipinski definition) is 1. The van der Waals surface area contributed by atoms with E-state index >= 15 is 0 Å². The Morgan fingerprint density at radius 1 is 1.38 bits per heavy atom. The van der Waals surface area contributed by atoms with Gasteiger partial charge in [-0.25, -0.2) is 4.98 Å². The molecule has 0 aliphatic heterocycles. The van der Waals surface area contributed by atoms with Crippen LogP contribution in [0.1, 0.15) is 15.9 Å². The predicted molar refractivity (Wildman–Crippen MR) is 79.9 cm³/mol. The van der Waals surface area contributed by atoms with E-state index < -0.39 is 5.91 Å². The molecule has 2 aromatic rings. The van der Waals surface area contributed by atoms with E-state index in [2.05, 4.69) is 10.3 Å². The van der Waals surface area contributed by atoms with E-state index in [0.29, 0.717) is 5.56 Å². The highest BCUT2D eigenvalue weighted by Crippen LogP contribution is 2.32. The van der Waals surface area contributed by atoms with E-state index in [4.69, 9.17) is 33.2 Å². The first-order valence-electron chi connectivity index (χ1n) is 5.76. The smallest absolute Gasteiger partial charge is 0.261 e. The highest BCUT2D eigenvalue weighted by atomic mass is 35.5. The van der Waals surface area contributed by atoms with Gasteiger partial charge in [-0.05, 0) is 24.3 Å². The Kier molecular flexibility index (Phi) is 4.63. The third-order valence-corrected chi connectivity index (χ3v) is 3.22. The lowest BCUT2D eigenvalue weighted by atomic mass is 10.2. The molecule has 1 heterocycles. The second-order valence-corrected chi connectivity index (χ2v) is 4.76. The van der Waals surface area contributed by atoms with Crippen molar-refractivity contribution in [3.63, 3.8) is 0 Å². The molecule has 0 fully saturated rings. The summed E-state index contributed by atoms with van der Waals surface area (Å²) >= 11 is 12.0. The number of pyridine rings is 1. The summed E-state index contributed by atoms with van der Waals surface area (Å²) in [5, 5.41) is 11.8. The van der Waals surface area contributed by atoms with Crippen molar-refractivity contribution in [1.82, 2.24) is 4.98 Å². The van der Waals surface area contributed by atoms with Gasteiger partial charge in [0.1, 0.15) is 5.56 Å². The first kappa shape index (κ1) is 15.1. The van der Waals surface area contributed by atoms with E-state index in [-0.39, 0.29) is 27.2 Å². The molecule has 5 nitrogen and oxygen atoms in total. The van der Waals surface area contributed by atoms with Crippen molar-refractivity contribution in [2.24, 2.45) is 0 Å². The summed E-state index contributed by atoms with van der Waals surface area (Å²) in [7, 11) is 1.42. The normalized spacial score (nSPS) is 9.81. The maximum atomic E-state index is 12.2. The molecule has 0 aliphatic carbocycles. The quantitative estimate of drug-likeness (QED) is 0.938. The molecule has 0 bridgehead atoms. The van der Waals surface area contributed by atoms with Crippen molar-refractivity contribution in [3.05, 3.63) is 51.6 Å². The van der Waals surface area contributed by atoms with Gasteiger partial charge in [-0.1, -0.05) is 23.2 Å². The zero-order chi connectivity index (χ0) is 15.4. The Labute approximate surface area is 131 Å². The van der Waals surface area contributed by atoms with Crippen molar-refractivity contribution in [2.45, 2.75) is 0 Å². The average Bonchev–Trinajstić information content (AvgIpc) is 2.50. The van der Waals surface area contributed by atoms with Gasteiger partial charge in [-0.3, -0.25) is 4.79 Å². The lowest BCUT2D eigenvalue weighted by Gasteiger charge is -2.11. The first-order valence-corrected chi connectivity index (χ1v) is 6.52. The SMILES string of the molecule is COc1ncccc1C(=O)Nc1c(Cl)cc(C#N)cc1Cl. The third-order valence-electron chi connectivity index (χ3n) is 2.62. The predicted octanol–water partition coefficient (Wildman–Crippen LogP) is 3.52. The largest absolute Gasteiger partial charge is 0.480 e. The molecule has 0 spiro atoms. The van der Waals surface area contributed by atoms with E-state index in [1.54, 1.807) is 12.1 Å². The van der Waals surface area contributed by atoms with Crippen molar-refractivity contribution < 1.29 is 9.53 Å². The molecule has 0 aliphatic rings. The Bertz CT molecular complexity index is 718. The summed E-state index contributed by atoms with van der Waals surface area (Å²) in [5.41, 5.74) is 0.784. The van der Waals surface area contributed by atoms with E-state index in [9.17, 15) is 4.79 Å². The number of anilines is 1. The summed E-state index contributed by atoms with van der Waals surface area (Å²) in [5.74, 6) is -0.274. The zero-order valence-electron chi connectivity index (χ0n) is 10.9. The second kappa shape index (κ2) is 6.44. The molecule has 2 rings (SSSR count). The summed E-state index contributed by atoms with van der Waals surface area (Å²) in [6.45, 7) is 0. The van der Waals surface area contributed by atoms with Crippen LogP contribution in [0.4, 0.5) is 5.69 Å². The minimum atomic E-state index is -0.464. The van der Waals surface area contributed by atoms with Crippen molar-refractivity contribution in [1.29, 1.82) is 5.26 Å². The Morgan fingerprint density at radius 3 is 2.62 bits per heavy atom. The van der Waals surface area contributed by atoms with Gasteiger partial charge in [0.25, 0.3) is 5.91 Å². The number of benzene rings is 1. The van der Waals surface area contributed by atoms with Crippen LogP contribution in [-0.2, 0) is 0 Å². The summed E-state index contributed by atoms with van der Waals surface area (Å²) in [6.07, 6.45) is 1.51. The molecule has 1 amide bonds. The number of aromatic nitrogens is 1. The molecule has 7 heteroatoms. The number of halogens is 2. The van der Waals surface area contributed by atoms with Gasteiger partial charge >= 0.3 is 0 Å². The number of nitrogens with zero attached hydrogens (tertiary/aromatic N) is 2. The second-order valence-electron chi connectivity index (χ2n) is 3.94.